The van der Waals surface area contributed by atoms with Gasteiger partial charge in [0, 0.05) is 11.4 Å². The number of amidine groups is 2. The first-order valence-electron chi connectivity index (χ1n) is 9.57. The van der Waals surface area contributed by atoms with Gasteiger partial charge in [0.2, 0.25) is 0 Å². The lowest BCUT2D eigenvalue weighted by Gasteiger charge is -2.31. The molecule has 0 spiro atoms. The fourth-order valence-corrected chi connectivity index (χ4v) is 6.33. The Bertz CT molecular complexity index is 758. The van der Waals surface area contributed by atoms with Crippen LogP contribution >= 0.6 is 23.5 Å². The van der Waals surface area contributed by atoms with Crippen LogP contribution in [-0.4, -0.2) is 45.7 Å². The fourth-order valence-electron chi connectivity index (χ4n) is 4.30. The van der Waals surface area contributed by atoms with Crippen LogP contribution in [0, 0.1) is 0 Å². The zero-order chi connectivity index (χ0) is 17.3. The summed E-state index contributed by atoms with van der Waals surface area (Å²) in [7, 11) is 0. The quantitative estimate of drug-likeness (QED) is 0.856. The van der Waals surface area contributed by atoms with E-state index in [2.05, 4.69) is 46.0 Å². The van der Waals surface area contributed by atoms with Crippen LogP contribution in [0.15, 0.2) is 51.4 Å². The minimum Gasteiger partial charge on any atom is -0.360 e. The number of nitrogens with zero attached hydrogens (tertiary/aromatic N) is 3. The van der Waals surface area contributed by atoms with Gasteiger partial charge in [-0.05, 0) is 30.2 Å². The number of thioether (sulfide) groups is 2. The van der Waals surface area contributed by atoms with Gasteiger partial charge >= 0.3 is 0 Å². The van der Waals surface area contributed by atoms with Crippen molar-refractivity contribution in [3.8, 4) is 0 Å². The maximum Gasteiger partial charge on any atom is 0.168 e. The second-order valence-corrected chi connectivity index (χ2v) is 9.19. The highest BCUT2D eigenvalue weighted by atomic mass is 32.2. The van der Waals surface area contributed by atoms with Crippen LogP contribution in [0.1, 0.15) is 31.2 Å². The van der Waals surface area contributed by atoms with Gasteiger partial charge in [0.25, 0.3) is 0 Å². The zero-order valence-electron chi connectivity index (χ0n) is 14.8. The minimum absolute atomic E-state index is 0.429. The molecule has 3 atom stereocenters. The highest BCUT2D eigenvalue weighted by Gasteiger charge is 2.41. The SMILES string of the molecule is C1=C(CSC2=NCC(Cc3ccccc3)N2)N2C(=N[C@H]3CCCC[C@@H]32)S1. The first kappa shape index (κ1) is 16.8. The molecule has 1 N–H and O–H groups in total. The molecule has 1 fully saturated rings. The fraction of sp³-hybridized carbons (Fsp3) is 0.500. The Kier molecular flexibility index (Phi) is 4.71. The Balaban J connectivity index is 1.15. The highest BCUT2D eigenvalue weighted by molar-refractivity contribution is 8.17. The summed E-state index contributed by atoms with van der Waals surface area (Å²) >= 11 is 3.66. The molecule has 26 heavy (non-hydrogen) atoms. The van der Waals surface area contributed by atoms with E-state index in [1.807, 2.05) is 23.5 Å². The average molecular weight is 385 g/mol. The molecule has 4 aliphatic rings. The first-order valence-corrected chi connectivity index (χ1v) is 11.4. The summed E-state index contributed by atoms with van der Waals surface area (Å²) < 4.78 is 0. The second kappa shape index (κ2) is 7.31. The van der Waals surface area contributed by atoms with Crippen molar-refractivity contribution >= 4 is 33.9 Å². The molecule has 5 rings (SSSR count). The smallest absolute Gasteiger partial charge is 0.168 e. The predicted octanol–water partition coefficient (Wildman–Crippen LogP) is 3.86. The van der Waals surface area contributed by atoms with Crippen LogP contribution in [0.25, 0.3) is 0 Å². The van der Waals surface area contributed by atoms with Gasteiger partial charge in [-0.1, -0.05) is 66.7 Å². The van der Waals surface area contributed by atoms with E-state index in [9.17, 15) is 0 Å². The van der Waals surface area contributed by atoms with E-state index in [0.29, 0.717) is 18.1 Å². The van der Waals surface area contributed by atoms with Gasteiger partial charge in [0.05, 0.1) is 24.7 Å². The van der Waals surface area contributed by atoms with Gasteiger partial charge in [0.1, 0.15) is 0 Å². The van der Waals surface area contributed by atoms with Gasteiger partial charge in [-0.15, -0.1) is 0 Å². The molecule has 1 aliphatic carbocycles. The molecule has 0 radical (unpaired) electrons. The summed E-state index contributed by atoms with van der Waals surface area (Å²) in [5.41, 5.74) is 2.80. The van der Waals surface area contributed by atoms with E-state index in [4.69, 9.17) is 9.98 Å². The van der Waals surface area contributed by atoms with Crippen LogP contribution in [0.2, 0.25) is 0 Å². The molecule has 6 heteroatoms. The van der Waals surface area contributed by atoms with E-state index in [0.717, 1.165) is 23.9 Å². The van der Waals surface area contributed by atoms with E-state index in [1.165, 1.54) is 42.1 Å². The van der Waals surface area contributed by atoms with Crippen molar-refractivity contribution in [2.24, 2.45) is 9.98 Å². The van der Waals surface area contributed by atoms with Gasteiger partial charge in [0.15, 0.2) is 10.3 Å². The number of hydrogen-bond donors (Lipinski definition) is 1. The van der Waals surface area contributed by atoms with Crippen molar-refractivity contribution in [2.45, 2.75) is 50.2 Å². The molecule has 0 saturated heterocycles. The van der Waals surface area contributed by atoms with Crippen molar-refractivity contribution in [3.05, 3.63) is 47.0 Å². The predicted molar refractivity (Wildman–Crippen MR) is 113 cm³/mol. The monoisotopic (exact) mass is 384 g/mol. The molecule has 0 bridgehead atoms. The number of hydrogen-bond acceptors (Lipinski definition) is 6. The standard InChI is InChI=1S/C20H24N4S2/c1-2-6-14(7-3-1)10-15-11-21-19(22-15)25-12-16-13-26-20-23-17-8-4-5-9-18(17)24(16)20/h1-3,6-7,13,15,17-18H,4-5,8-12H2,(H,21,22)/t15?,17-,18-/m0/s1. The van der Waals surface area contributed by atoms with Crippen LogP contribution in [0.3, 0.4) is 0 Å². The van der Waals surface area contributed by atoms with E-state index in [-0.39, 0.29) is 0 Å². The molecule has 1 aromatic carbocycles. The summed E-state index contributed by atoms with van der Waals surface area (Å²) in [6.45, 7) is 0.881. The lowest BCUT2D eigenvalue weighted by atomic mass is 9.91. The molecular weight excluding hydrogens is 360 g/mol. The third-order valence-electron chi connectivity index (χ3n) is 5.58. The Morgan fingerprint density at radius 3 is 3.00 bits per heavy atom. The van der Waals surface area contributed by atoms with Gasteiger partial charge in [-0.3, -0.25) is 9.98 Å². The average Bonchev–Trinajstić information content (AvgIpc) is 3.36. The number of fused-ring (bicyclic) bond motifs is 3. The van der Waals surface area contributed by atoms with Gasteiger partial charge in [-0.25, -0.2) is 0 Å². The topological polar surface area (TPSA) is 40.0 Å². The zero-order valence-corrected chi connectivity index (χ0v) is 16.4. The molecule has 4 nitrogen and oxygen atoms in total. The lowest BCUT2D eigenvalue weighted by molar-refractivity contribution is 0.285. The Morgan fingerprint density at radius 1 is 1.19 bits per heavy atom. The molecule has 1 saturated carbocycles. The maximum absolute atomic E-state index is 4.96. The van der Waals surface area contributed by atoms with Crippen molar-refractivity contribution in [1.29, 1.82) is 0 Å². The minimum atomic E-state index is 0.429. The Morgan fingerprint density at radius 2 is 2.08 bits per heavy atom. The molecule has 1 aromatic rings. The summed E-state index contributed by atoms with van der Waals surface area (Å²) in [6.07, 6.45) is 6.29. The first-order chi connectivity index (χ1) is 12.9. The summed E-state index contributed by atoms with van der Waals surface area (Å²) in [4.78, 5) is 12.2. The van der Waals surface area contributed by atoms with Gasteiger partial charge < -0.3 is 10.2 Å². The molecule has 1 unspecified atom stereocenters. The van der Waals surface area contributed by atoms with Crippen LogP contribution in [-0.2, 0) is 6.42 Å². The highest BCUT2D eigenvalue weighted by Crippen LogP contribution is 2.41. The molecule has 0 aromatic heterocycles. The summed E-state index contributed by atoms with van der Waals surface area (Å²) in [6, 6.07) is 12.3. The molecule has 0 amide bonds. The van der Waals surface area contributed by atoms with Crippen LogP contribution in [0.4, 0.5) is 0 Å². The third kappa shape index (κ3) is 3.29. The van der Waals surface area contributed by atoms with Gasteiger partial charge in [-0.2, -0.15) is 0 Å². The molecule has 3 aliphatic heterocycles. The van der Waals surface area contributed by atoms with Crippen molar-refractivity contribution in [2.75, 3.05) is 12.3 Å². The van der Waals surface area contributed by atoms with E-state index in [1.54, 1.807) is 0 Å². The van der Waals surface area contributed by atoms with E-state index >= 15 is 0 Å². The lowest BCUT2D eigenvalue weighted by Crippen LogP contribution is -2.39. The number of nitrogens with one attached hydrogen (secondary N) is 1. The molecular formula is C20H24N4S2. The number of rotatable bonds is 4. The maximum atomic E-state index is 4.96. The van der Waals surface area contributed by atoms with E-state index < -0.39 is 0 Å². The van der Waals surface area contributed by atoms with Crippen molar-refractivity contribution < 1.29 is 0 Å². The molecule has 136 valence electrons. The normalized spacial score (nSPS) is 29.6. The molecule has 3 heterocycles. The second-order valence-electron chi connectivity index (χ2n) is 7.39. The van der Waals surface area contributed by atoms with Crippen molar-refractivity contribution in [3.63, 3.8) is 0 Å². The number of benzene rings is 1. The summed E-state index contributed by atoms with van der Waals surface area (Å²) in [5, 5.41) is 8.24. The van der Waals surface area contributed by atoms with Crippen LogP contribution in [0.5, 0.6) is 0 Å². The third-order valence-corrected chi connectivity index (χ3v) is 7.45. The Labute approximate surface area is 163 Å². The largest absolute Gasteiger partial charge is 0.360 e. The van der Waals surface area contributed by atoms with Crippen LogP contribution < -0.4 is 5.32 Å². The Hall–Kier alpha value is -1.40. The summed E-state index contributed by atoms with van der Waals surface area (Å²) in [5.74, 6) is 0.985. The number of aliphatic imine (C=N–C) groups is 2. The van der Waals surface area contributed by atoms with Crippen molar-refractivity contribution in [1.82, 2.24) is 10.2 Å².